The second-order valence-electron chi connectivity index (χ2n) is 5.64. The normalized spacial score (nSPS) is 9.92. The quantitative estimate of drug-likeness (QED) is 0.844. The average Bonchev–Trinajstić information content (AvgIpc) is 2.60. The molecule has 0 bridgehead atoms. The molecule has 1 aromatic heterocycles. The monoisotopic (exact) mass is 335 g/mol. The highest BCUT2D eigenvalue weighted by Crippen LogP contribution is 2.15. The minimum Gasteiger partial charge on any atom is -0.461 e. The van der Waals surface area contributed by atoms with Crippen molar-refractivity contribution in [3.8, 4) is 12.1 Å². The first-order valence-electron chi connectivity index (χ1n) is 7.73. The van der Waals surface area contributed by atoms with Crippen LogP contribution in [0.15, 0.2) is 29.1 Å². The van der Waals surface area contributed by atoms with Crippen molar-refractivity contribution in [1.82, 2.24) is 4.98 Å². The van der Waals surface area contributed by atoms with Crippen molar-refractivity contribution in [2.75, 3.05) is 0 Å². The molecule has 6 nitrogen and oxygen atoms in total. The van der Waals surface area contributed by atoms with Crippen molar-refractivity contribution < 1.29 is 9.53 Å². The molecular weight excluding hydrogens is 318 g/mol. The number of H-pyrrole nitrogens is 1. The van der Waals surface area contributed by atoms with E-state index in [0.29, 0.717) is 23.2 Å². The van der Waals surface area contributed by atoms with Crippen LogP contribution in [-0.4, -0.2) is 11.0 Å². The van der Waals surface area contributed by atoms with Crippen LogP contribution < -0.4 is 5.56 Å². The Labute approximate surface area is 145 Å². The Hall–Kier alpha value is -3.38. The molecule has 2 rings (SSSR count). The Balaban J connectivity index is 1.97. The van der Waals surface area contributed by atoms with Gasteiger partial charge in [-0.05, 0) is 49.1 Å². The third kappa shape index (κ3) is 4.33. The van der Waals surface area contributed by atoms with Crippen molar-refractivity contribution in [1.29, 1.82) is 10.5 Å². The lowest BCUT2D eigenvalue weighted by atomic mass is 9.99. The molecule has 1 N–H and O–H groups in total. The lowest BCUT2D eigenvalue weighted by molar-refractivity contribution is -0.144. The number of aryl methyl sites for hydroxylation is 1. The number of carbonyl (C=O) groups excluding carboxylic acids is 1. The lowest BCUT2D eigenvalue weighted by Gasteiger charge is -2.10. The number of nitrogens with one attached hydrogen (secondary N) is 1. The summed E-state index contributed by atoms with van der Waals surface area (Å²) in [7, 11) is 0. The van der Waals surface area contributed by atoms with Crippen LogP contribution in [0.25, 0.3) is 0 Å². The molecule has 0 aliphatic carbocycles. The van der Waals surface area contributed by atoms with Crippen molar-refractivity contribution in [2.45, 2.75) is 33.3 Å². The highest BCUT2D eigenvalue weighted by atomic mass is 16.5. The van der Waals surface area contributed by atoms with Crippen LogP contribution in [0.2, 0.25) is 0 Å². The number of hydrogen-bond donors (Lipinski definition) is 1. The van der Waals surface area contributed by atoms with Crippen LogP contribution >= 0.6 is 0 Å². The first kappa shape index (κ1) is 18.0. The predicted octanol–water partition coefficient (Wildman–Crippen LogP) is 2.41. The fraction of sp³-hybridized carbons (Fsp3) is 0.263. The molecule has 2 aromatic rings. The number of ether oxygens (including phenoxy) is 1. The van der Waals surface area contributed by atoms with Gasteiger partial charge in [0.15, 0.2) is 0 Å². The first-order chi connectivity index (χ1) is 12.0. The molecule has 0 saturated heterocycles. The molecule has 6 heteroatoms. The van der Waals surface area contributed by atoms with Gasteiger partial charge >= 0.3 is 5.97 Å². The van der Waals surface area contributed by atoms with Gasteiger partial charge in [0.1, 0.15) is 18.2 Å². The van der Waals surface area contributed by atoms with Gasteiger partial charge in [-0.25, -0.2) is 0 Å². The number of nitrogens with zero attached hydrogens (tertiary/aromatic N) is 2. The van der Waals surface area contributed by atoms with Crippen molar-refractivity contribution in [3.05, 3.63) is 68.1 Å². The molecular formula is C19H17N3O3. The average molecular weight is 335 g/mol. The molecule has 0 spiro atoms. The fourth-order valence-electron chi connectivity index (χ4n) is 2.56. The molecule has 25 heavy (non-hydrogen) atoms. The molecule has 0 amide bonds. The number of esters is 1. The summed E-state index contributed by atoms with van der Waals surface area (Å²) in [6, 6.07) is 10.7. The molecule has 0 unspecified atom stereocenters. The lowest BCUT2D eigenvalue weighted by Crippen LogP contribution is -2.17. The fourth-order valence-corrected chi connectivity index (χ4v) is 2.56. The summed E-state index contributed by atoms with van der Waals surface area (Å²) in [5, 5.41) is 17.8. The van der Waals surface area contributed by atoms with Gasteiger partial charge in [0, 0.05) is 12.1 Å². The summed E-state index contributed by atoms with van der Waals surface area (Å²) in [4.78, 5) is 26.3. The van der Waals surface area contributed by atoms with E-state index < -0.39 is 5.56 Å². The van der Waals surface area contributed by atoms with Gasteiger partial charge in [-0.2, -0.15) is 10.5 Å². The number of aromatic nitrogens is 1. The van der Waals surface area contributed by atoms with Crippen LogP contribution in [0.4, 0.5) is 0 Å². The Morgan fingerprint density at radius 1 is 1.16 bits per heavy atom. The zero-order valence-corrected chi connectivity index (χ0v) is 14.0. The first-order valence-corrected chi connectivity index (χ1v) is 7.73. The SMILES string of the molecule is Cc1[nH]c(=O)c(C#N)c(C)c1CCC(=O)OCc1ccc(C#N)cc1. The van der Waals surface area contributed by atoms with Crippen molar-refractivity contribution in [2.24, 2.45) is 0 Å². The Kier molecular flexibility index (Phi) is 5.71. The van der Waals surface area contributed by atoms with E-state index in [1.54, 1.807) is 38.1 Å². The minimum absolute atomic E-state index is 0.0755. The molecule has 0 atom stereocenters. The van der Waals surface area contributed by atoms with E-state index in [-0.39, 0.29) is 24.6 Å². The second-order valence-corrected chi connectivity index (χ2v) is 5.64. The van der Waals surface area contributed by atoms with E-state index in [1.165, 1.54) is 0 Å². The third-order valence-electron chi connectivity index (χ3n) is 3.98. The third-order valence-corrected chi connectivity index (χ3v) is 3.98. The molecule has 1 aromatic carbocycles. The van der Waals surface area contributed by atoms with E-state index in [0.717, 1.165) is 11.1 Å². The van der Waals surface area contributed by atoms with Crippen LogP contribution in [0.3, 0.4) is 0 Å². The van der Waals surface area contributed by atoms with E-state index in [4.69, 9.17) is 15.3 Å². The molecule has 0 fully saturated rings. The highest BCUT2D eigenvalue weighted by molar-refractivity contribution is 5.70. The van der Waals surface area contributed by atoms with E-state index >= 15 is 0 Å². The maximum absolute atomic E-state index is 11.9. The zero-order valence-electron chi connectivity index (χ0n) is 14.0. The number of aromatic amines is 1. The maximum atomic E-state index is 11.9. The Bertz CT molecular complexity index is 929. The summed E-state index contributed by atoms with van der Waals surface area (Å²) >= 11 is 0. The zero-order chi connectivity index (χ0) is 18.4. The number of nitriles is 2. The number of pyridine rings is 1. The molecule has 1 heterocycles. The molecule has 0 aliphatic rings. The summed E-state index contributed by atoms with van der Waals surface area (Å²) in [6.45, 7) is 3.59. The van der Waals surface area contributed by atoms with Gasteiger partial charge in [0.2, 0.25) is 0 Å². The van der Waals surface area contributed by atoms with Crippen LogP contribution in [-0.2, 0) is 22.6 Å². The standard InChI is InChI=1S/C19H17N3O3/c1-12-16(13(2)22-19(24)17(12)10-21)7-8-18(23)25-11-15-5-3-14(9-20)4-6-15/h3-6H,7-8,11H2,1-2H3,(H,22,24). The van der Waals surface area contributed by atoms with Crippen LogP contribution in [0, 0.1) is 36.5 Å². The van der Waals surface area contributed by atoms with Crippen molar-refractivity contribution >= 4 is 5.97 Å². The Morgan fingerprint density at radius 3 is 2.44 bits per heavy atom. The number of carbonyl (C=O) groups is 1. The van der Waals surface area contributed by atoms with Crippen LogP contribution in [0.1, 0.15) is 39.9 Å². The van der Waals surface area contributed by atoms with Crippen LogP contribution in [0.5, 0.6) is 0 Å². The van der Waals surface area contributed by atoms with Gasteiger partial charge in [-0.15, -0.1) is 0 Å². The molecule has 126 valence electrons. The van der Waals surface area contributed by atoms with Gasteiger partial charge in [0.05, 0.1) is 11.6 Å². The van der Waals surface area contributed by atoms with E-state index in [1.807, 2.05) is 12.1 Å². The Morgan fingerprint density at radius 2 is 1.84 bits per heavy atom. The van der Waals surface area contributed by atoms with Crippen molar-refractivity contribution in [3.63, 3.8) is 0 Å². The predicted molar refractivity (Wildman–Crippen MR) is 90.5 cm³/mol. The summed E-state index contributed by atoms with van der Waals surface area (Å²) in [5.74, 6) is -0.368. The summed E-state index contributed by atoms with van der Waals surface area (Å²) < 4.78 is 5.22. The van der Waals surface area contributed by atoms with Gasteiger partial charge in [-0.1, -0.05) is 12.1 Å². The number of benzene rings is 1. The molecule has 0 aliphatic heterocycles. The second kappa shape index (κ2) is 7.94. The summed E-state index contributed by atoms with van der Waals surface area (Å²) in [5.41, 5.74) is 3.05. The maximum Gasteiger partial charge on any atom is 0.306 e. The largest absolute Gasteiger partial charge is 0.461 e. The molecule has 0 radical (unpaired) electrons. The number of rotatable bonds is 5. The van der Waals surface area contributed by atoms with Gasteiger partial charge in [0.25, 0.3) is 5.56 Å². The number of hydrogen-bond acceptors (Lipinski definition) is 5. The van der Waals surface area contributed by atoms with E-state index in [2.05, 4.69) is 4.98 Å². The van der Waals surface area contributed by atoms with E-state index in [9.17, 15) is 9.59 Å². The molecule has 0 saturated carbocycles. The minimum atomic E-state index is -0.412. The smallest absolute Gasteiger partial charge is 0.306 e. The summed E-state index contributed by atoms with van der Waals surface area (Å²) in [6.07, 6.45) is 0.532. The van der Waals surface area contributed by atoms with Gasteiger partial charge in [-0.3, -0.25) is 9.59 Å². The highest BCUT2D eigenvalue weighted by Gasteiger charge is 2.14. The topological polar surface area (TPSA) is 107 Å². The van der Waals surface area contributed by atoms with Gasteiger partial charge < -0.3 is 9.72 Å².